The first-order valence-electron chi connectivity index (χ1n) is 5.26. The van der Waals surface area contributed by atoms with Crippen molar-refractivity contribution in [3.8, 4) is 0 Å². The number of aliphatic imine (C=N–C) groups is 1. The highest BCUT2D eigenvalue weighted by Crippen LogP contribution is 2.29. The van der Waals surface area contributed by atoms with E-state index in [2.05, 4.69) is 10.3 Å². The lowest BCUT2D eigenvalue weighted by atomic mass is 9.89. The van der Waals surface area contributed by atoms with Crippen LogP contribution in [0.15, 0.2) is 4.99 Å². The number of rotatable bonds is 3. The van der Waals surface area contributed by atoms with Crippen molar-refractivity contribution in [2.45, 2.75) is 44.7 Å². The maximum Gasteiger partial charge on any atom is 0.409 e. The third-order valence-corrected chi connectivity index (χ3v) is 2.55. The first-order chi connectivity index (χ1) is 7.22. The van der Waals surface area contributed by atoms with Crippen LogP contribution >= 0.6 is 0 Å². The Labute approximate surface area is 88.9 Å². The van der Waals surface area contributed by atoms with Crippen molar-refractivity contribution in [1.29, 1.82) is 0 Å². The van der Waals surface area contributed by atoms with Crippen LogP contribution in [0.1, 0.15) is 39.0 Å². The maximum atomic E-state index is 11.3. The monoisotopic (exact) mass is 212 g/mol. The molecule has 1 amide bonds. The van der Waals surface area contributed by atoms with Crippen molar-refractivity contribution in [3.63, 3.8) is 0 Å². The summed E-state index contributed by atoms with van der Waals surface area (Å²) in [6, 6.07) is 0. The van der Waals surface area contributed by atoms with Gasteiger partial charge in [0.15, 0.2) is 0 Å². The second-order valence-corrected chi connectivity index (χ2v) is 3.64. The minimum absolute atomic E-state index is 0.312. The fourth-order valence-electron chi connectivity index (χ4n) is 1.85. The molecule has 0 heterocycles. The summed E-state index contributed by atoms with van der Waals surface area (Å²) in [5.74, 6) is 0. The molecule has 0 aromatic heterocycles. The van der Waals surface area contributed by atoms with E-state index in [9.17, 15) is 9.59 Å². The van der Waals surface area contributed by atoms with Gasteiger partial charge in [-0.2, -0.15) is 4.99 Å². The topological polar surface area (TPSA) is 67.8 Å². The highest BCUT2D eigenvalue weighted by molar-refractivity contribution is 5.68. The van der Waals surface area contributed by atoms with Crippen LogP contribution in [0.4, 0.5) is 4.79 Å². The van der Waals surface area contributed by atoms with Crippen LogP contribution in [0.3, 0.4) is 0 Å². The quantitative estimate of drug-likeness (QED) is 0.572. The molecule has 0 aromatic carbocycles. The highest BCUT2D eigenvalue weighted by atomic mass is 16.5. The lowest BCUT2D eigenvalue weighted by Crippen LogP contribution is -2.48. The van der Waals surface area contributed by atoms with E-state index in [-0.39, 0.29) is 0 Å². The van der Waals surface area contributed by atoms with Crippen molar-refractivity contribution in [1.82, 2.24) is 5.32 Å². The maximum absolute atomic E-state index is 11.3. The zero-order valence-corrected chi connectivity index (χ0v) is 8.91. The van der Waals surface area contributed by atoms with Gasteiger partial charge in [-0.05, 0) is 32.6 Å². The minimum Gasteiger partial charge on any atom is -0.450 e. The van der Waals surface area contributed by atoms with Crippen LogP contribution in [-0.2, 0) is 9.53 Å². The van der Waals surface area contributed by atoms with Gasteiger partial charge in [-0.3, -0.25) is 5.32 Å². The molecule has 0 aliphatic heterocycles. The summed E-state index contributed by atoms with van der Waals surface area (Å²) >= 11 is 0. The third-order valence-electron chi connectivity index (χ3n) is 2.55. The van der Waals surface area contributed by atoms with Gasteiger partial charge in [-0.25, -0.2) is 9.59 Å². The molecule has 0 atom stereocenters. The van der Waals surface area contributed by atoms with Crippen molar-refractivity contribution in [2.75, 3.05) is 6.61 Å². The summed E-state index contributed by atoms with van der Waals surface area (Å²) in [5.41, 5.74) is -0.772. The van der Waals surface area contributed by atoms with Crippen LogP contribution in [-0.4, -0.2) is 24.4 Å². The molecular weight excluding hydrogens is 196 g/mol. The molecule has 0 aromatic rings. The fraction of sp³-hybridized carbons (Fsp3) is 0.800. The largest absolute Gasteiger partial charge is 0.450 e. The Balaban J connectivity index is 2.63. The lowest BCUT2D eigenvalue weighted by Gasteiger charge is -2.32. The molecule has 0 spiro atoms. The Morgan fingerprint density at radius 2 is 2.13 bits per heavy atom. The van der Waals surface area contributed by atoms with E-state index in [1.54, 1.807) is 6.92 Å². The first-order valence-corrected chi connectivity index (χ1v) is 5.26. The number of ether oxygens (including phenoxy) is 1. The number of nitrogens with one attached hydrogen (secondary N) is 1. The van der Waals surface area contributed by atoms with Crippen molar-refractivity contribution in [2.24, 2.45) is 4.99 Å². The molecule has 15 heavy (non-hydrogen) atoms. The molecule has 0 unspecified atom stereocenters. The number of alkyl carbamates (subject to hydrolysis) is 1. The number of isocyanates is 1. The lowest BCUT2D eigenvalue weighted by molar-refractivity contribution is 0.130. The van der Waals surface area contributed by atoms with Gasteiger partial charge < -0.3 is 4.74 Å². The van der Waals surface area contributed by atoms with Gasteiger partial charge in [0.05, 0.1) is 6.61 Å². The molecule has 5 nitrogen and oxygen atoms in total. The molecule has 1 N–H and O–H groups in total. The molecule has 1 aliphatic carbocycles. The van der Waals surface area contributed by atoms with E-state index >= 15 is 0 Å². The predicted molar refractivity (Wildman–Crippen MR) is 54.1 cm³/mol. The van der Waals surface area contributed by atoms with Crippen LogP contribution in [0.25, 0.3) is 0 Å². The van der Waals surface area contributed by atoms with Gasteiger partial charge in [0.2, 0.25) is 6.08 Å². The van der Waals surface area contributed by atoms with Crippen LogP contribution in [0, 0.1) is 0 Å². The molecule has 0 bridgehead atoms. The summed E-state index contributed by atoms with van der Waals surface area (Å²) in [6.07, 6.45) is 5.40. The highest BCUT2D eigenvalue weighted by Gasteiger charge is 2.33. The number of hydrogen-bond acceptors (Lipinski definition) is 4. The number of hydrogen-bond donors (Lipinski definition) is 1. The van der Waals surface area contributed by atoms with Gasteiger partial charge in [0, 0.05) is 0 Å². The molecule has 0 radical (unpaired) electrons. The zero-order chi connectivity index (χ0) is 11.1. The Morgan fingerprint density at radius 3 is 2.67 bits per heavy atom. The van der Waals surface area contributed by atoms with Crippen molar-refractivity contribution in [3.05, 3.63) is 0 Å². The Kier molecular flexibility index (Phi) is 4.31. The molecule has 1 fully saturated rings. The smallest absolute Gasteiger partial charge is 0.409 e. The molecule has 0 saturated heterocycles. The number of nitrogens with zero attached hydrogens (tertiary/aromatic N) is 1. The van der Waals surface area contributed by atoms with Crippen LogP contribution in [0.2, 0.25) is 0 Å². The first kappa shape index (κ1) is 11.7. The van der Waals surface area contributed by atoms with Crippen LogP contribution in [0.5, 0.6) is 0 Å². The van der Waals surface area contributed by atoms with E-state index in [1.165, 1.54) is 6.08 Å². The average Bonchev–Trinajstić information content (AvgIpc) is 2.19. The number of carbonyl (C=O) groups is 1. The zero-order valence-electron chi connectivity index (χ0n) is 8.91. The average molecular weight is 212 g/mol. The van der Waals surface area contributed by atoms with Crippen molar-refractivity contribution >= 4 is 12.2 Å². The Bertz CT molecular complexity index is 266. The van der Waals surface area contributed by atoms with E-state index in [0.717, 1.165) is 19.3 Å². The molecule has 1 aliphatic rings. The summed E-state index contributed by atoms with van der Waals surface area (Å²) in [5, 5.41) is 2.64. The second kappa shape index (κ2) is 5.51. The number of carbonyl (C=O) groups excluding carboxylic acids is 2. The van der Waals surface area contributed by atoms with Gasteiger partial charge in [-0.1, -0.05) is 6.42 Å². The van der Waals surface area contributed by atoms with E-state index in [1.807, 2.05) is 0 Å². The third kappa shape index (κ3) is 3.36. The van der Waals surface area contributed by atoms with Gasteiger partial charge in [0.1, 0.15) is 5.66 Å². The molecule has 1 saturated carbocycles. The summed E-state index contributed by atoms with van der Waals surface area (Å²) in [4.78, 5) is 25.3. The molecule has 84 valence electrons. The molecular formula is C10H16N2O3. The summed E-state index contributed by atoms with van der Waals surface area (Å²) < 4.78 is 4.78. The summed E-state index contributed by atoms with van der Waals surface area (Å²) in [6.45, 7) is 2.04. The van der Waals surface area contributed by atoms with Gasteiger partial charge in [-0.15, -0.1) is 0 Å². The molecule has 5 heteroatoms. The summed E-state index contributed by atoms with van der Waals surface area (Å²) in [7, 11) is 0. The van der Waals surface area contributed by atoms with E-state index in [4.69, 9.17) is 4.74 Å². The van der Waals surface area contributed by atoms with Gasteiger partial charge >= 0.3 is 6.09 Å². The number of amides is 1. The predicted octanol–water partition coefficient (Wildman–Crippen LogP) is 1.73. The van der Waals surface area contributed by atoms with Crippen molar-refractivity contribution < 1.29 is 14.3 Å². The van der Waals surface area contributed by atoms with E-state index < -0.39 is 11.8 Å². The normalized spacial score (nSPS) is 18.7. The molecule has 1 rings (SSSR count). The Morgan fingerprint density at radius 1 is 1.47 bits per heavy atom. The second-order valence-electron chi connectivity index (χ2n) is 3.64. The minimum atomic E-state index is -0.772. The Hall–Kier alpha value is -1.35. The SMILES string of the molecule is CCOC(=O)NC1(N=C=O)CCCCC1. The fourth-order valence-corrected chi connectivity index (χ4v) is 1.85. The van der Waals surface area contributed by atoms with E-state index in [0.29, 0.717) is 19.4 Å². The van der Waals surface area contributed by atoms with Crippen LogP contribution < -0.4 is 5.32 Å². The van der Waals surface area contributed by atoms with Gasteiger partial charge in [0.25, 0.3) is 0 Å². The standard InChI is InChI=1S/C10H16N2O3/c1-2-15-9(14)12-10(11-8-13)6-4-3-5-7-10/h2-7H2,1H3,(H,12,14).